The van der Waals surface area contributed by atoms with Crippen LogP contribution in [0.4, 0.5) is 10.5 Å². The molecule has 0 bridgehead atoms. The fourth-order valence-electron chi connectivity index (χ4n) is 1.70. The zero-order valence-corrected chi connectivity index (χ0v) is 13.3. The number of urea groups is 1. The summed E-state index contributed by atoms with van der Waals surface area (Å²) in [4.78, 5) is 24.3. The van der Waals surface area contributed by atoms with E-state index >= 15 is 0 Å². The molecule has 0 heterocycles. The van der Waals surface area contributed by atoms with Crippen molar-refractivity contribution in [3.8, 4) is 0 Å². The molecule has 0 fully saturated rings. The molecular weight excluding hydrogens is 359 g/mol. The van der Waals surface area contributed by atoms with Gasteiger partial charge in [-0.3, -0.25) is 0 Å². The Balaban J connectivity index is 2.85. The van der Waals surface area contributed by atoms with Gasteiger partial charge in [-0.2, -0.15) is 0 Å². The number of likely N-dealkylation sites (N-methyl/N-ethyl adjacent to an activating group) is 1. The van der Waals surface area contributed by atoms with Crippen LogP contribution in [0.3, 0.4) is 0 Å². The third kappa shape index (κ3) is 3.82. The zero-order valence-electron chi connectivity index (χ0n) is 11.1. The smallest absolute Gasteiger partial charge is 0.326 e. The number of rotatable bonds is 4. The average Bonchev–Trinajstić information content (AvgIpc) is 2.35. The highest BCUT2D eigenvalue weighted by Crippen LogP contribution is 2.20. The number of aliphatic carboxylic acids is 1. The summed E-state index contributed by atoms with van der Waals surface area (Å²) in [5.74, 6) is -1.00. The minimum atomic E-state index is -1.00. The molecule has 104 valence electrons. The van der Waals surface area contributed by atoms with Crippen molar-refractivity contribution in [2.75, 3.05) is 12.4 Å². The number of carboxylic acids is 1. The van der Waals surface area contributed by atoms with Crippen molar-refractivity contribution in [1.82, 2.24) is 4.90 Å². The average molecular weight is 376 g/mol. The number of nitrogens with one attached hydrogen (secondary N) is 1. The quantitative estimate of drug-likeness (QED) is 0.794. The molecule has 0 aliphatic carbocycles. The van der Waals surface area contributed by atoms with Crippen LogP contribution in [0, 0.1) is 10.5 Å². The van der Waals surface area contributed by atoms with Gasteiger partial charge in [-0.25, -0.2) is 9.59 Å². The lowest BCUT2D eigenvalue weighted by Crippen LogP contribution is -2.44. The Bertz CT molecular complexity index is 491. The molecule has 1 aromatic carbocycles. The van der Waals surface area contributed by atoms with Gasteiger partial charge in [-0.05, 0) is 53.6 Å². The Labute approximate surface area is 126 Å². The highest BCUT2D eigenvalue weighted by atomic mass is 127. The second-order valence-corrected chi connectivity index (χ2v) is 5.38. The Morgan fingerprint density at radius 1 is 1.47 bits per heavy atom. The van der Waals surface area contributed by atoms with E-state index in [1.165, 1.54) is 11.9 Å². The van der Waals surface area contributed by atoms with E-state index in [-0.39, 0.29) is 0 Å². The first-order chi connectivity index (χ1) is 8.88. The molecule has 0 aliphatic rings. The molecule has 0 aromatic heterocycles. The minimum Gasteiger partial charge on any atom is -0.480 e. The molecule has 2 N–H and O–H groups in total. The van der Waals surface area contributed by atoms with Gasteiger partial charge in [-0.1, -0.05) is 13.0 Å². The van der Waals surface area contributed by atoms with Crippen molar-refractivity contribution < 1.29 is 14.7 Å². The molecule has 0 saturated carbocycles. The first-order valence-corrected chi connectivity index (χ1v) is 6.98. The number of anilines is 1. The minimum absolute atomic E-state index is 0.366. The molecule has 5 nitrogen and oxygen atoms in total. The van der Waals surface area contributed by atoms with Crippen LogP contribution in [0.15, 0.2) is 18.2 Å². The Kier molecular flexibility index (Phi) is 5.59. The van der Waals surface area contributed by atoms with E-state index in [9.17, 15) is 9.59 Å². The number of carbonyl (C=O) groups is 2. The predicted molar refractivity (Wildman–Crippen MR) is 82.4 cm³/mol. The number of hydrogen-bond acceptors (Lipinski definition) is 2. The van der Waals surface area contributed by atoms with E-state index in [0.29, 0.717) is 12.1 Å². The SMILES string of the molecule is CCC(C(=O)O)N(C)C(=O)Nc1cccc(I)c1C. The summed E-state index contributed by atoms with van der Waals surface area (Å²) in [7, 11) is 1.49. The van der Waals surface area contributed by atoms with Gasteiger partial charge in [-0.15, -0.1) is 0 Å². The van der Waals surface area contributed by atoms with Crippen molar-refractivity contribution in [2.45, 2.75) is 26.3 Å². The van der Waals surface area contributed by atoms with E-state index in [0.717, 1.165) is 9.13 Å². The number of benzene rings is 1. The molecule has 1 unspecified atom stereocenters. The van der Waals surface area contributed by atoms with E-state index in [1.54, 1.807) is 13.0 Å². The van der Waals surface area contributed by atoms with Crippen LogP contribution in [0.5, 0.6) is 0 Å². The molecule has 0 radical (unpaired) electrons. The molecule has 6 heteroatoms. The summed E-state index contributed by atoms with van der Waals surface area (Å²) in [6.45, 7) is 3.64. The molecule has 0 spiro atoms. The Morgan fingerprint density at radius 3 is 2.63 bits per heavy atom. The van der Waals surface area contributed by atoms with Crippen LogP contribution in [0.2, 0.25) is 0 Å². The van der Waals surface area contributed by atoms with E-state index < -0.39 is 18.0 Å². The lowest BCUT2D eigenvalue weighted by Gasteiger charge is -2.24. The van der Waals surface area contributed by atoms with Gasteiger partial charge in [0, 0.05) is 16.3 Å². The van der Waals surface area contributed by atoms with Crippen LogP contribution < -0.4 is 5.32 Å². The van der Waals surface area contributed by atoms with Gasteiger partial charge in [0.1, 0.15) is 6.04 Å². The highest BCUT2D eigenvalue weighted by Gasteiger charge is 2.24. The first-order valence-electron chi connectivity index (χ1n) is 5.90. The largest absolute Gasteiger partial charge is 0.480 e. The van der Waals surface area contributed by atoms with Crippen molar-refractivity contribution in [3.63, 3.8) is 0 Å². The van der Waals surface area contributed by atoms with Gasteiger partial charge < -0.3 is 15.3 Å². The summed E-state index contributed by atoms with van der Waals surface area (Å²) in [6.07, 6.45) is 0.366. The summed E-state index contributed by atoms with van der Waals surface area (Å²) in [6, 6.07) is 4.35. The summed E-state index contributed by atoms with van der Waals surface area (Å²) >= 11 is 2.19. The maximum atomic E-state index is 12.0. The third-order valence-electron chi connectivity index (χ3n) is 2.97. The van der Waals surface area contributed by atoms with Crippen molar-refractivity contribution >= 4 is 40.3 Å². The van der Waals surface area contributed by atoms with E-state index in [2.05, 4.69) is 27.9 Å². The van der Waals surface area contributed by atoms with Gasteiger partial charge in [0.2, 0.25) is 0 Å². The maximum absolute atomic E-state index is 12.0. The van der Waals surface area contributed by atoms with Gasteiger partial charge in [0.05, 0.1) is 0 Å². The zero-order chi connectivity index (χ0) is 14.6. The van der Waals surface area contributed by atoms with Crippen LogP contribution in [-0.4, -0.2) is 35.1 Å². The second-order valence-electron chi connectivity index (χ2n) is 4.22. The molecule has 19 heavy (non-hydrogen) atoms. The van der Waals surface area contributed by atoms with Crippen LogP contribution in [-0.2, 0) is 4.79 Å². The standard InChI is InChI=1S/C13H17IN2O3/c1-4-11(12(17)18)16(3)13(19)15-10-7-5-6-9(14)8(10)2/h5-7,11H,4H2,1-3H3,(H,15,19)(H,17,18). The van der Waals surface area contributed by atoms with E-state index in [1.807, 2.05) is 19.1 Å². The second kappa shape index (κ2) is 6.74. The van der Waals surface area contributed by atoms with Crippen LogP contribution in [0.1, 0.15) is 18.9 Å². The first kappa shape index (κ1) is 15.7. The van der Waals surface area contributed by atoms with E-state index in [4.69, 9.17) is 5.11 Å². The normalized spacial score (nSPS) is 11.8. The molecule has 2 amide bonds. The summed E-state index contributed by atoms with van der Waals surface area (Å²) in [5.41, 5.74) is 1.66. The number of amides is 2. The fraction of sp³-hybridized carbons (Fsp3) is 0.385. The third-order valence-corrected chi connectivity index (χ3v) is 4.14. The predicted octanol–water partition coefficient (Wildman–Crippen LogP) is 2.93. The van der Waals surface area contributed by atoms with Crippen molar-refractivity contribution in [1.29, 1.82) is 0 Å². The van der Waals surface area contributed by atoms with Gasteiger partial charge in [0.25, 0.3) is 0 Å². The lowest BCUT2D eigenvalue weighted by molar-refractivity contribution is -0.141. The maximum Gasteiger partial charge on any atom is 0.326 e. The lowest BCUT2D eigenvalue weighted by atomic mass is 10.2. The Hall–Kier alpha value is -1.31. The number of carboxylic acid groups (broad SMARTS) is 1. The molecule has 1 aromatic rings. The monoisotopic (exact) mass is 376 g/mol. The summed E-state index contributed by atoms with van der Waals surface area (Å²) in [5, 5.41) is 11.8. The number of nitrogens with zero attached hydrogens (tertiary/aromatic N) is 1. The molecule has 1 rings (SSSR count). The summed E-state index contributed by atoms with van der Waals surface area (Å²) < 4.78 is 1.04. The fourth-order valence-corrected chi connectivity index (χ4v) is 2.20. The van der Waals surface area contributed by atoms with Crippen LogP contribution >= 0.6 is 22.6 Å². The van der Waals surface area contributed by atoms with Gasteiger partial charge in [0.15, 0.2) is 0 Å². The molecule has 0 saturated heterocycles. The number of hydrogen-bond donors (Lipinski definition) is 2. The topological polar surface area (TPSA) is 69.6 Å². The van der Waals surface area contributed by atoms with Crippen molar-refractivity contribution in [3.05, 3.63) is 27.3 Å². The van der Waals surface area contributed by atoms with Crippen molar-refractivity contribution in [2.24, 2.45) is 0 Å². The molecule has 0 aliphatic heterocycles. The Morgan fingerprint density at radius 2 is 2.11 bits per heavy atom. The molecular formula is C13H17IN2O3. The number of halogens is 1. The van der Waals surface area contributed by atoms with Crippen LogP contribution in [0.25, 0.3) is 0 Å². The number of carbonyl (C=O) groups excluding carboxylic acids is 1. The molecule has 1 atom stereocenters. The van der Waals surface area contributed by atoms with Gasteiger partial charge >= 0.3 is 12.0 Å². The highest BCUT2D eigenvalue weighted by molar-refractivity contribution is 14.1.